The Labute approximate surface area is 201 Å². The molecule has 2 aromatic heterocycles. The average molecular weight is 466 g/mol. The van der Waals surface area contributed by atoms with E-state index in [4.69, 9.17) is 14.5 Å². The number of rotatable bonds is 12. The number of carbonyl (C=O) groups is 1. The second-order valence-electron chi connectivity index (χ2n) is 8.66. The van der Waals surface area contributed by atoms with Crippen LogP contribution in [0.1, 0.15) is 45.6 Å². The standard InChI is InChI=1S/C26H35N5O3/c1-6-7-12-26(3,17-29-18(2)32)31-22-15-24(30-21-9-8-13-27-25(21)22)28-16-19-10-11-20(33-4)14-23(19)34-5/h8-11,13-15H,6-7,12,16-17H2,1-5H3,(H,29,32)(H2,28,30,31). The summed E-state index contributed by atoms with van der Waals surface area (Å²) >= 11 is 0. The topological polar surface area (TPSA) is 97.4 Å². The van der Waals surface area contributed by atoms with Crippen LogP contribution in [-0.4, -0.2) is 42.2 Å². The zero-order chi connectivity index (χ0) is 24.6. The normalized spacial score (nSPS) is 12.6. The number of nitrogens with one attached hydrogen (secondary N) is 3. The van der Waals surface area contributed by atoms with E-state index in [0.717, 1.165) is 58.9 Å². The van der Waals surface area contributed by atoms with E-state index >= 15 is 0 Å². The molecule has 34 heavy (non-hydrogen) atoms. The van der Waals surface area contributed by atoms with Crippen LogP contribution in [0.3, 0.4) is 0 Å². The molecule has 2 heterocycles. The van der Waals surface area contributed by atoms with Gasteiger partial charge in [-0.2, -0.15) is 0 Å². The third-order valence-corrected chi connectivity index (χ3v) is 5.76. The van der Waals surface area contributed by atoms with Gasteiger partial charge in [-0.1, -0.05) is 19.8 Å². The van der Waals surface area contributed by atoms with Crippen LogP contribution >= 0.6 is 0 Å². The fourth-order valence-corrected chi connectivity index (χ4v) is 3.84. The molecule has 0 bridgehead atoms. The highest BCUT2D eigenvalue weighted by molar-refractivity contribution is 5.89. The van der Waals surface area contributed by atoms with Gasteiger partial charge < -0.3 is 25.4 Å². The molecule has 0 aliphatic heterocycles. The first-order valence-electron chi connectivity index (χ1n) is 11.6. The zero-order valence-corrected chi connectivity index (χ0v) is 20.7. The molecule has 0 aliphatic rings. The Morgan fingerprint density at radius 3 is 2.68 bits per heavy atom. The number of unbranched alkanes of at least 4 members (excludes halogenated alkanes) is 1. The number of amides is 1. The minimum Gasteiger partial charge on any atom is -0.497 e. The Morgan fingerprint density at radius 1 is 1.15 bits per heavy atom. The molecule has 1 unspecified atom stereocenters. The molecule has 0 saturated heterocycles. The third kappa shape index (κ3) is 6.50. The van der Waals surface area contributed by atoms with Gasteiger partial charge in [0.05, 0.1) is 31.0 Å². The molecule has 1 aromatic carbocycles. The highest BCUT2D eigenvalue weighted by atomic mass is 16.5. The molecule has 1 amide bonds. The Hall–Kier alpha value is -3.55. The summed E-state index contributed by atoms with van der Waals surface area (Å²) in [6, 6.07) is 11.5. The van der Waals surface area contributed by atoms with Gasteiger partial charge in [0.1, 0.15) is 22.8 Å². The van der Waals surface area contributed by atoms with Gasteiger partial charge in [-0.15, -0.1) is 0 Å². The summed E-state index contributed by atoms with van der Waals surface area (Å²) in [5.74, 6) is 2.17. The SMILES string of the molecule is CCCCC(C)(CNC(C)=O)Nc1cc(NCc2ccc(OC)cc2OC)nc2cccnc12. The van der Waals surface area contributed by atoms with E-state index in [2.05, 4.69) is 34.8 Å². The van der Waals surface area contributed by atoms with Crippen molar-refractivity contribution in [2.75, 3.05) is 31.4 Å². The van der Waals surface area contributed by atoms with Gasteiger partial charge in [-0.05, 0) is 37.6 Å². The number of ether oxygens (including phenoxy) is 2. The predicted octanol–water partition coefficient (Wildman–Crippen LogP) is 4.76. The van der Waals surface area contributed by atoms with E-state index in [9.17, 15) is 4.79 Å². The second-order valence-corrected chi connectivity index (χ2v) is 8.66. The molecule has 182 valence electrons. The minimum atomic E-state index is -0.329. The van der Waals surface area contributed by atoms with Crippen molar-refractivity contribution in [3.05, 3.63) is 48.2 Å². The average Bonchev–Trinajstić information content (AvgIpc) is 2.85. The fourth-order valence-electron chi connectivity index (χ4n) is 3.84. The quantitative estimate of drug-likeness (QED) is 0.355. The lowest BCUT2D eigenvalue weighted by Crippen LogP contribution is -2.46. The van der Waals surface area contributed by atoms with Gasteiger partial charge in [0.15, 0.2) is 0 Å². The number of anilines is 2. The van der Waals surface area contributed by atoms with Crippen molar-refractivity contribution < 1.29 is 14.3 Å². The van der Waals surface area contributed by atoms with E-state index in [1.165, 1.54) is 0 Å². The van der Waals surface area contributed by atoms with Crippen LogP contribution in [0.5, 0.6) is 11.5 Å². The van der Waals surface area contributed by atoms with E-state index in [-0.39, 0.29) is 11.4 Å². The number of nitrogens with zero attached hydrogens (tertiary/aromatic N) is 2. The Kier molecular flexibility index (Phi) is 8.51. The van der Waals surface area contributed by atoms with Crippen molar-refractivity contribution >= 4 is 28.4 Å². The van der Waals surface area contributed by atoms with Gasteiger partial charge >= 0.3 is 0 Å². The van der Waals surface area contributed by atoms with Crippen LogP contribution in [0.25, 0.3) is 11.0 Å². The van der Waals surface area contributed by atoms with Crippen LogP contribution in [-0.2, 0) is 11.3 Å². The molecular weight excluding hydrogens is 430 g/mol. The Balaban J connectivity index is 1.89. The van der Waals surface area contributed by atoms with Crippen LogP contribution in [0, 0.1) is 0 Å². The van der Waals surface area contributed by atoms with E-state index < -0.39 is 0 Å². The Morgan fingerprint density at radius 2 is 1.97 bits per heavy atom. The minimum absolute atomic E-state index is 0.0435. The molecule has 8 heteroatoms. The van der Waals surface area contributed by atoms with Crippen molar-refractivity contribution in [1.29, 1.82) is 0 Å². The zero-order valence-electron chi connectivity index (χ0n) is 20.7. The molecule has 0 saturated carbocycles. The lowest BCUT2D eigenvalue weighted by atomic mass is 9.94. The lowest BCUT2D eigenvalue weighted by molar-refractivity contribution is -0.119. The van der Waals surface area contributed by atoms with Crippen molar-refractivity contribution in [1.82, 2.24) is 15.3 Å². The molecule has 3 rings (SSSR count). The predicted molar refractivity (Wildman–Crippen MR) is 137 cm³/mol. The van der Waals surface area contributed by atoms with Crippen LogP contribution in [0.2, 0.25) is 0 Å². The molecule has 0 spiro atoms. The summed E-state index contributed by atoms with van der Waals surface area (Å²) < 4.78 is 10.8. The number of hydrogen-bond acceptors (Lipinski definition) is 7. The first-order chi connectivity index (χ1) is 16.4. The van der Waals surface area contributed by atoms with Gasteiger partial charge in [-0.3, -0.25) is 9.78 Å². The maximum absolute atomic E-state index is 11.6. The largest absolute Gasteiger partial charge is 0.497 e. The molecule has 3 N–H and O–H groups in total. The summed E-state index contributed by atoms with van der Waals surface area (Å²) in [7, 11) is 3.28. The monoisotopic (exact) mass is 465 g/mol. The summed E-state index contributed by atoms with van der Waals surface area (Å²) in [4.78, 5) is 20.9. The molecule has 0 aliphatic carbocycles. The lowest BCUT2D eigenvalue weighted by Gasteiger charge is -2.32. The molecular formula is C26H35N5O3. The first kappa shape index (κ1) is 25.1. The van der Waals surface area contributed by atoms with Gasteiger partial charge in [-0.25, -0.2) is 4.98 Å². The summed E-state index contributed by atoms with van der Waals surface area (Å²) in [6.45, 7) is 6.88. The number of aromatic nitrogens is 2. The summed E-state index contributed by atoms with van der Waals surface area (Å²) in [5.41, 5.74) is 3.11. The van der Waals surface area contributed by atoms with Crippen molar-refractivity contribution in [2.45, 2.75) is 52.1 Å². The van der Waals surface area contributed by atoms with Crippen molar-refractivity contribution in [2.24, 2.45) is 0 Å². The molecule has 3 aromatic rings. The number of fused-ring (bicyclic) bond motifs is 1. The number of pyridine rings is 2. The first-order valence-corrected chi connectivity index (χ1v) is 11.6. The van der Waals surface area contributed by atoms with Crippen LogP contribution < -0.4 is 25.4 Å². The number of methoxy groups -OCH3 is 2. The second kappa shape index (κ2) is 11.5. The maximum atomic E-state index is 11.6. The van der Waals surface area contributed by atoms with Crippen molar-refractivity contribution in [3.63, 3.8) is 0 Å². The Bertz CT molecular complexity index is 1120. The fraction of sp³-hybridized carbons (Fsp3) is 0.423. The van der Waals surface area contributed by atoms with E-state index in [1.54, 1.807) is 27.3 Å². The number of hydrogen-bond donors (Lipinski definition) is 3. The molecule has 0 radical (unpaired) electrons. The van der Waals surface area contributed by atoms with Crippen LogP contribution in [0.4, 0.5) is 11.5 Å². The number of carbonyl (C=O) groups excluding carboxylic acids is 1. The molecule has 1 atom stereocenters. The highest BCUT2D eigenvalue weighted by Gasteiger charge is 2.25. The van der Waals surface area contributed by atoms with Gasteiger partial charge in [0, 0.05) is 43.9 Å². The van der Waals surface area contributed by atoms with Crippen molar-refractivity contribution in [3.8, 4) is 11.5 Å². The molecule has 8 nitrogen and oxygen atoms in total. The van der Waals surface area contributed by atoms with E-state index in [1.807, 2.05) is 36.4 Å². The molecule has 0 fully saturated rings. The smallest absolute Gasteiger partial charge is 0.216 e. The summed E-state index contributed by atoms with van der Waals surface area (Å²) in [6.07, 6.45) is 4.79. The maximum Gasteiger partial charge on any atom is 0.216 e. The number of benzene rings is 1. The third-order valence-electron chi connectivity index (χ3n) is 5.76. The van der Waals surface area contributed by atoms with Gasteiger partial charge in [0.2, 0.25) is 5.91 Å². The van der Waals surface area contributed by atoms with Crippen LogP contribution in [0.15, 0.2) is 42.6 Å². The van der Waals surface area contributed by atoms with E-state index in [0.29, 0.717) is 13.1 Å². The summed E-state index contributed by atoms with van der Waals surface area (Å²) in [5, 5.41) is 10.1. The van der Waals surface area contributed by atoms with Gasteiger partial charge in [0.25, 0.3) is 0 Å². The highest BCUT2D eigenvalue weighted by Crippen LogP contribution is 2.30.